The topological polar surface area (TPSA) is 23.5 Å². The molecule has 64 valence electrons. The van der Waals surface area contributed by atoms with E-state index in [1.807, 2.05) is 0 Å². The fourth-order valence-corrected chi connectivity index (χ4v) is 2.57. The maximum absolute atomic E-state index is 8.74. The molecule has 0 amide bonds. The van der Waals surface area contributed by atoms with Crippen LogP contribution in [0.2, 0.25) is 0 Å². The molecule has 0 bridgehead atoms. The van der Waals surface area contributed by atoms with Crippen molar-refractivity contribution in [1.82, 2.24) is 4.90 Å². The molecule has 1 aliphatic carbocycles. The second-order valence-electron chi connectivity index (χ2n) is 3.86. The third-order valence-electron chi connectivity index (χ3n) is 3.36. The van der Waals surface area contributed by atoms with E-state index in [1.54, 1.807) is 0 Å². The molecule has 11 heavy (non-hydrogen) atoms. The first-order valence-corrected chi connectivity index (χ1v) is 4.70. The standard InChI is InChI=1S/C9H17NO/c1-2-10-5-8-7(3-4-11)9(8)6-10/h7-9,11H,2-6H2,1H3/t7?,8-,9+. The highest BCUT2D eigenvalue weighted by atomic mass is 16.3. The van der Waals surface area contributed by atoms with Gasteiger partial charge < -0.3 is 10.0 Å². The second kappa shape index (κ2) is 2.76. The predicted molar refractivity (Wildman–Crippen MR) is 44.3 cm³/mol. The lowest BCUT2D eigenvalue weighted by Crippen LogP contribution is -2.24. The van der Waals surface area contributed by atoms with Crippen LogP contribution in [0.3, 0.4) is 0 Å². The first kappa shape index (κ1) is 7.56. The van der Waals surface area contributed by atoms with Gasteiger partial charge in [-0.1, -0.05) is 6.92 Å². The fourth-order valence-electron chi connectivity index (χ4n) is 2.57. The first-order chi connectivity index (χ1) is 5.36. The lowest BCUT2D eigenvalue weighted by Gasteiger charge is -2.15. The van der Waals surface area contributed by atoms with E-state index in [4.69, 9.17) is 5.11 Å². The molecule has 0 aromatic heterocycles. The summed E-state index contributed by atoms with van der Waals surface area (Å²) in [6, 6.07) is 0. The highest BCUT2D eigenvalue weighted by molar-refractivity contribution is 5.04. The van der Waals surface area contributed by atoms with Crippen LogP contribution in [-0.2, 0) is 0 Å². The summed E-state index contributed by atoms with van der Waals surface area (Å²) in [4.78, 5) is 2.52. The van der Waals surface area contributed by atoms with E-state index in [0.717, 1.165) is 24.2 Å². The third-order valence-corrected chi connectivity index (χ3v) is 3.36. The number of likely N-dealkylation sites (tertiary alicyclic amines) is 1. The largest absolute Gasteiger partial charge is 0.396 e. The summed E-state index contributed by atoms with van der Waals surface area (Å²) in [7, 11) is 0. The van der Waals surface area contributed by atoms with Gasteiger partial charge >= 0.3 is 0 Å². The highest BCUT2D eigenvalue weighted by Crippen LogP contribution is 2.53. The molecule has 3 atom stereocenters. The summed E-state index contributed by atoms with van der Waals surface area (Å²) in [5.41, 5.74) is 0. The summed E-state index contributed by atoms with van der Waals surface area (Å²) in [5.74, 6) is 2.77. The van der Waals surface area contributed by atoms with Crippen LogP contribution in [0.4, 0.5) is 0 Å². The Kier molecular flexibility index (Phi) is 1.90. The molecule has 2 nitrogen and oxygen atoms in total. The van der Waals surface area contributed by atoms with Crippen LogP contribution in [-0.4, -0.2) is 36.2 Å². The van der Waals surface area contributed by atoms with Gasteiger partial charge in [0.1, 0.15) is 0 Å². The molecule has 0 radical (unpaired) electrons. The van der Waals surface area contributed by atoms with Gasteiger partial charge in [-0.2, -0.15) is 0 Å². The molecule has 2 rings (SSSR count). The number of aliphatic hydroxyl groups excluding tert-OH is 1. The van der Waals surface area contributed by atoms with E-state index in [9.17, 15) is 0 Å². The van der Waals surface area contributed by atoms with E-state index in [0.29, 0.717) is 6.61 Å². The molecule has 2 fully saturated rings. The Balaban J connectivity index is 1.77. The zero-order valence-electron chi connectivity index (χ0n) is 7.16. The SMILES string of the molecule is CCN1C[C@@H]2C(CCO)[C@@H]2C1. The first-order valence-electron chi connectivity index (χ1n) is 4.70. The number of hydrogen-bond donors (Lipinski definition) is 1. The number of piperidine rings is 1. The van der Waals surface area contributed by atoms with Crippen molar-refractivity contribution in [2.24, 2.45) is 17.8 Å². The normalized spacial score (nSPS) is 42.5. The van der Waals surface area contributed by atoms with Gasteiger partial charge in [0.05, 0.1) is 0 Å². The lowest BCUT2D eigenvalue weighted by molar-refractivity contribution is 0.248. The van der Waals surface area contributed by atoms with Gasteiger partial charge in [0, 0.05) is 19.7 Å². The average Bonchev–Trinajstić information content (AvgIpc) is 2.48. The Hall–Kier alpha value is -0.0800. The molecule has 1 unspecified atom stereocenters. The molecule has 1 heterocycles. The van der Waals surface area contributed by atoms with Gasteiger partial charge in [-0.05, 0) is 30.7 Å². The summed E-state index contributed by atoms with van der Waals surface area (Å²) in [6.07, 6.45) is 1.05. The number of rotatable bonds is 3. The Morgan fingerprint density at radius 2 is 2.00 bits per heavy atom. The maximum atomic E-state index is 8.74. The van der Waals surface area contributed by atoms with Crippen molar-refractivity contribution < 1.29 is 5.11 Å². The van der Waals surface area contributed by atoms with Crippen molar-refractivity contribution >= 4 is 0 Å². The monoisotopic (exact) mass is 155 g/mol. The molecule has 2 heteroatoms. The zero-order chi connectivity index (χ0) is 7.84. The van der Waals surface area contributed by atoms with E-state index < -0.39 is 0 Å². The summed E-state index contributed by atoms with van der Waals surface area (Å²) in [6.45, 7) is 6.42. The van der Waals surface area contributed by atoms with Crippen molar-refractivity contribution in [3.8, 4) is 0 Å². The molecule has 1 saturated carbocycles. The van der Waals surface area contributed by atoms with Crippen molar-refractivity contribution in [1.29, 1.82) is 0 Å². The minimum absolute atomic E-state index is 0.393. The number of fused-ring (bicyclic) bond motifs is 1. The Morgan fingerprint density at radius 1 is 1.36 bits per heavy atom. The van der Waals surface area contributed by atoms with E-state index >= 15 is 0 Å². The van der Waals surface area contributed by atoms with Crippen LogP contribution in [0.25, 0.3) is 0 Å². The predicted octanol–water partition coefficient (Wildman–Crippen LogP) is 0.567. The van der Waals surface area contributed by atoms with Crippen LogP contribution in [0, 0.1) is 17.8 Å². The fraction of sp³-hybridized carbons (Fsp3) is 1.00. The lowest BCUT2D eigenvalue weighted by atomic mass is 10.2. The number of nitrogens with zero attached hydrogens (tertiary/aromatic N) is 1. The molecule has 1 aliphatic heterocycles. The number of aliphatic hydroxyl groups is 1. The van der Waals surface area contributed by atoms with Gasteiger partial charge in [-0.3, -0.25) is 0 Å². The molecule has 0 spiro atoms. The number of hydrogen-bond acceptors (Lipinski definition) is 2. The Bertz CT molecular complexity index is 136. The van der Waals surface area contributed by atoms with Crippen LogP contribution in [0.1, 0.15) is 13.3 Å². The van der Waals surface area contributed by atoms with Crippen LogP contribution in [0.5, 0.6) is 0 Å². The van der Waals surface area contributed by atoms with Crippen LogP contribution in [0.15, 0.2) is 0 Å². The Labute approximate surface area is 68.2 Å². The van der Waals surface area contributed by atoms with Crippen molar-refractivity contribution in [2.45, 2.75) is 13.3 Å². The molecule has 0 aromatic carbocycles. The van der Waals surface area contributed by atoms with Gasteiger partial charge in [0.2, 0.25) is 0 Å². The molecule has 0 aromatic rings. The Morgan fingerprint density at radius 3 is 2.45 bits per heavy atom. The van der Waals surface area contributed by atoms with E-state index in [-0.39, 0.29) is 0 Å². The molecule has 2 aliphatic rings. The van der Waals surface area contributed by atoms with Crippen LogP contribution < -0.4 is 0 Å². The molecule has 1 saturated heterocycles. The average molecular weight is 155 g/mol. The van der Waals surface area contributed by atoms with Crippen molar-refractivity contribution in [3.05, 3.63) is 0 Å². The van der Waals surface area contributed by atoms with Crippen molar-refractivity contribution in [3.63, 3.8) is 0 Å². The summed E-state index contributed by atoms with van der Waals surface area (Å²) in [5, 5.41) is 8.74. The zero-order valence-corrected chi connectivity index (χ0v) is 7.16. The van der Waals surface area contributed by atoms with Crippen molar-refractivity contribution in [2.75, 3.05) is 26.2 Å². The van der Waals surface area contributed by atoms with Gasteiger partial charge in [0.25, 0.3) is 0 Å². The minimum atomic E-state index is 0.393. The van der Waals surface area contributed by atoms with E-state index in [2.05, 4.69) is 11.8 Å². The van der Waals surface area contributed by atoms with Gasteiger partial charge in [-0.25, -0.2) is 0 Å². The van der Waals surface area contributed by atoms with E-state index in [1.165, 1.54) is 19.6 Å². The minimum Gasteiger partial charge on any atom is -0.396 e. The third kappa shape index (κ3) is 1.18. The second-order valence-corrected chi connectivity index (χ2v) is 3.86. The van der Waals surface area contributed by atoms with Gasteiger partial charge in [-0.15, -0.1) is 0 Å². The summed E-state index contributed by atoms with van der Waals surface area (Å²) < 4.78 is 0. The molecule has 1 N–H and O–H groups in total. The smallest absolute Gasteiger partial charge is 0.0433 e. The highest BCUT2D eigenvalue weighted by Gasteiger charge is 2.54. The molecular weight excluding hydrogens is 138 g/mol. The quantitative estimate of drug-likeness (QED) is 0.644. The van der Waals surface area contributed by atoms with Gasteiger partial charge in [0.15, 0.2) is 0 Å². The molecular formula is C9H17NO. The maximum Gasteiger partial charge on any atom is 0.0433 e. The summed E-state index contributed by atoms with van der Waals surface area (Å²) >= 11 is 0. The van der Waals surface area contributed by atoms with Crippen LogP contribution >= 0.6 is 0 Å².